The lowest BCUT2D eigenvalue weighted by Crippen LogP contribution is -2.31. The van der Waals surface area contributed by atoms with Crippen LogP contribution in [0.15, 0.2) is 42.5 Å². The summed E-state index contributed by atoms with van der Waals surface area (Å²) in [7, 11) is -2.05. The predicted octanol–water partition coefficient (Wildman–Crippen LogP) is 3.71. The maximum Gasteiger partial charge on any atom is 0.339 e. The summed E-state index contributed by atoms with van der Waals surface area (Å²) in [6, 6.07) is 11.2. The highest BCUT2D eigenvalue weighted by Gasteiger charge is 2.18. The summed E-state index contributed by atoms with van der Waals surface area (Å²) in [5.74, 6) is -0.369. The quantitative estimate of drug-likeness (QED) is 0.533. The maximum absolute atomic E-state index is 12.3. The number of benzene rings is 2. The fraction of sp³-hybridized carbons (Fsp3) is 0.333. The van der Waals surface area contributed by atoms with Crippen LogP contribution in [0.4, 0.5) is 11.4 Å². The van der Waals surface area contributed by atoms with Crippen LogP contribution in [-0.2, 0) is 19.6 Å². The van der Waals surface area contributed by atoms with Crippen LogP contribution >= 0.6 is 11.6 Å². The fourth-order valence-corrected chi connectivity index (χ4v) is 3.98. The molecule has 0 spiro atoms. The average molecular weight is 469 g/mol. The van der Waals surface area contributed by atoms with Crippen LogP contribution in [-0.4, -0.2) is 46.8 Å². The Bertz CT molecular complexity index is 1040. The predicted molar refractivity (Wildman–Crippen MR) is 120 cm³/mol. The number of amides is 1. The number of sulfonamides is 1. The molecule has 8 nitrogen and oxygen atoms in total. The summed E-state index contributed by atoms with van der Waals surface area (Å²) in [5, 5.41) is 2.90. The normalized spacial score (nSPS) is 11.0. The van der Waals surface area contributed by atoms with Crippen molar-refractivity contribution in [1.29, 1.82) is 0 Å². The van der Waals surface area contributed by atoms with E-state index in [0.717, 1.165) is 6.26 Å². The number of carbonyl (C=O) groups is 2. The van der Waals surface area contributed by atoms with E-state index in [-0.39, 0.29) is 42.5 Å². The second kappa shape index (κ2) is 11.0. The van der Waals surface area contributed by atoms with Gasteiger partial charge in [0.2, 0.25) is 15.9 Å². The van der Waals surface area contributed by atoms with E-state index in [2.05, 4.69) is 5.32 Å². The highest BCUT2D eigenvalue weighted by atomic mass is 35.5. The second-order valence-corrected chi connectivity index (χ2v) is 8.92. The number of esters is 1. The average Bonchev–Trinajstić information content (AvgIpc) is 2.71. The molecule has 0 unspecified atom stereocenters. The molecule has 1 N–H and O–H groups in total. The zero-order chi connectivity index (χ0) is 23.0. The number of nitrogens with zero attached hydrogens (tertiary/aromatic N) is 1. The van der Waals surface area contributed by atoms with Crippen molar-refractivity contribution in [3.05, 3.63) is 53.1 Å². The summed E-state index contributed by atoms with van der Waals surface area (Å²) in [6.07, 6.45) is 1.47. The van der Waals surface area contributed by atoms with Crippen LogP contribution in [0.5, 0.6) is 5.75 Å². The number of anilines is 2. The first-order chi connectivity index (χ1) is 14.7. The van der Waals surface area contributed by atoms with Gasteiger partial charge in [-0.3, -0.25) is 9.10 Å². The van der Waals surface area contributed by atoms with Crippen LogP contribution < -0.4 is 14.4 Å². The summed E-state index contributed by atoms with van der Waals surface area (Å²) >= 11 is 6.02. The Morgan fingerprint density at radius 1 is 1.16 bits per heavy atom. The SMILES string of the molecule is CCOC(=O)c1cc(NC(=O)CCCN(c2cccc(OC)c2)S(C)(=O)=O)ccc1Cl. The smallest absolute Gasteiger partial charge is 0.339 e. The van der Waals surface area contributed by atoms with Gasteiger partial charge in [0.1, 0.15) is 5.75 Å². The van der Waals surface area contributed by atoms with Crippen molar-refractivity contribution in [2.45, 2.75) is 19.8 Å². The number of hydrogen-bond acceptors (Lipinski definition) is 6. The minimum absolute atomic E-state index is 0.0767. The van der Waals surface area contributed by atoms with E-state index in [1.165, 1.54) is 23.5 Å². The van der Waals surface area contributed by atoms with Crippen LogP contribution in [0.25, 0.3) is 0 Å². The molecule has 31 heavy (non-hydrogen) atoms. The number of rotatable bonds is 10. The molecule has 0 saturated heterocycles. The van der Waals surface area contributed by atoms with Gasteiger partial charge in [0.05, 0.1) is 36.2 Å². The topological polar surface area (TPSA) is 102 Å². The Morgan fingerprint density at radius 2 is 1.90 bits per heavy atom. The van der Waals surface area contributed by atoms with Crippen molar-refractivity contribution >= 4 is 44.9 Å². The highest BCUT2D eigenvalue weighted by molar-refractivity contribution is 7.92. The largest absolute Gasteiger partial charge is 0.497 e. The summed E-state index contributed by atoms with van der Waals surface area (Å²) in [5.41, 5.74) is 1.01. The van der Waals surface area contributed by atoms with E-state index < -0.39 is 16.0 Å². The van der Waals surface area contributed by atoms with Crippen molar-refractivity contribution in [2.24, 2.45) is 0 Å². The van der Waals surface area contributed by atoms with Gasteiger partial charge in [0.25, 0.3) is 0 Å². The van der Waals surface area contributed by atoms with Crippen molar-refractivity contribution in [3.8, 4) is 5.75 Å². The minimum Gasteiger partial charge on any atom is -0.497 e. The summed E-state index contributed by atoms with van der Waals surface area (Å²) in [6.45, 7) is 2.01. The Hall–Kier alpha value is -2.78. The molecule has 0 aliphatic carbocycles. The van der Waals surface area contributed by atoms with E-state index in [0.29, 0.717) is 17.1 Å². The van der Waals surface area contributed by atoms with E-state index in [1.54, 1.807) is 37.3 Å². The van der Waals surface area contributed by atoms with Gasteiger partial charge < -0.3 is 14.8 Å². The zero-order valence-corrected chi connectivity index (χ0v) is 19.1. The molecule has 10 heteroatoms. The van der Waals surface area contributed by atoms with E-state index in [9.17, 15) is 18.0 Å². The fourth-order valence-electron chi connectivity index (χ4n) is 2.83. The van der Waals surface area contributed by atoms with Gasteiger partial charge >= 0.3 is 5.97 Å². The van der Waals surface area contributed by atoms with Gasteiger partial charge in [-0.15, -0.1) is 0 Å². The lowest BCUT2D eigenvalue weighted by atomic mass is 10.2. The number of nitrogens with one attached hydrogen (secondary N) is 1. The first-order valence-corrected chi connectivity index (χ1v) is 11.8. The Morgan fingerprint density at radius 3 is 2.55 bits per heavy atom. The number of carbonyl (C=O) groups excluding carboxylic acids is 2. The molecular weight excluding hydrogens is 444 g/mol. The van der Waals surface area contributed by atoms with Gasteiger partial charge in [-0.25, -0.2) is 13.2 Å². The lowest BCUT2D eigenvalue weighted by molar-refractivity contribution is -0.116. The molecule has 1 amide bonds. The van der Waals surface area contributed by atoms with E-state index in [1.807, 2.05) is 0 Å². The molecule has 0 aliphatic rings. The second-order valence-electron chi connectivity index (χ2n) is 6.60. The monoisotopic (exact) mass is 468 g/mol. The molecule has 2 aromatic rings. The Kier molecular flexibility index (Phi) is 8.70. The van der Waals surface area contributed by atoms with Gasteiger partial charge in [-0.05, 0) is 43.7 Å². The molecular formula is C21H25ClN2O6S. The molecule has 0 aromatic heterocycles. The van der Waals surface area contributed by atoms with Gasteiger partial charge in [0, 0.05) is 24.7 Å². The number of halogens is 1. The van der Waals surface area contributed by atoms with Crippen LogP contribution in [0.1, 0.15) is 30.1 Å². The minimum atomic E-state index is -3.55. The van der Waals surface area contributed by atoms with Crippen LogP contribution in [0, 0.1) is 0 Å². The molecule has 0 saturated carbocycles. The number of methoxy groups -OCH3 is 1. The summed E-state index contributed by atoms with van der Waals surface area (Å²) in [4.78, 5) is 24.3. The Balaban J connectivity index is 2.01. The van der Waals surface area contributed by atoms with Gasteiger partial charge in [0.15, 0.2) is 0 Å². The third-order valence-corrected chi connectivity index (χ3v) is 5.78. The third kappa shape index (κ3) is 7.15. The standard InChI is InChI=1S/C21H25ClN2O6S/c1-4-30-21(26)18-13-15(10-11-19(18)22)23-20(25)9-6-12-24(31(3,27)28)16-7-5-8-17(14-16)29-2/h5,7-8,10-11,13-14H,4,6,9,12H2,1-3H3,(H,23,25). The molecule has 0 bridgehead atoms. The van der Waals surface area contributed by atoms with Crippen LogP contribution in [0.3, 0.4) is 0 Å². The van der Waals surface area contributed by atoms with Crippen molar-refractivity contribution in [2.75, 3.05) is 36.1 Å². The molecule has 0 atom stereocenters. The third-order valence-electron chi connectivity index (χ3n) is 4.25. The molecule has 2 aromatic carbocycles. The summed E-state index contributed by atoms with van der Waals surface area (Å²) < 4.78 is 35.7. The van der Waals surface area contributed by atoms with Gasteiger partial charge in [-0.2, -0.15) is 0 Å². The molecule has 0 aliphatic heterocycles. The van der Waals surface area contributed by atoms with Crippen molar-refractivity contribution < 1.29 is 27.5 Å². The van der Waals surface area contributed by atoms with Crippen molar-refractivity contribution in [3.63, 3.8) is 0 Å². The first-order valence-electron chi connectivity index (χ1n) is 9.54. The number of ether oxygens (including phenoxy) is 2. The maximum atomic E-state index is 12.3. The zero-order valence-electron chi connectivity index (χ0n) is 17.6. The van der Waals surface area contributed by atoms with E-state index in [4.69, 9.17) is 21.1 Å². The molecule has 0 heterocycles. The molecule has 0 radical (unpaired) electrons. The van der Waals surface area contributed by atoms with Crippen LogP contribution in [0.2, 0.25) is 5.02 Å². The lowest BCUT2D eigenvalue weighted by Gasteiger charge is -2.22. The number of hydrogen-bond donors (Lipinski definition) is 1. The van der Waals surface area contributed by atoms with Crippen molar-refractivity contribution in [1.82, 2.24) is 0 Å². The molecule has 168 valence electrons. The van der Waals surface area contributed by atoms with E-state index >= 15 is 0 Å². The Labute approximate surface area is 187 Å². The highest BCUT2D eigenvalue weighted by Crippen LogP contribution is 2.24. The molecule has 2 rings (SSSR count). The van der Waals surface area contributed by atoms with Gasteiger partial charge in [-0.1, -0.05) is 17.7 Å². The first kappa shape index (κ1) is 24.5. The molecule has 0 fully saturated rings.